The Morgan fingerprint density at radius 3 is 2.76 bits per heavy atom. The van der Waals surface area contributed by atoms with Crippen LogP contribution < -0.4 is 5.73 Å². The molecule has 21 heavy (non-hydrogen) atoms. The van der Waals surface area contributed by atoms with Gasteiger partial charge in [0.1, 0.15) is 5.82 Å². The summed E-state index contributed by atoms with van der Waals surface area (Å²) in [6.07, 6.45) is 5.44. The quantitative estimate of drug-likeness (QED) is 0.909. The first-order valence-corrected chi connectivity index (χ1v) is 8.37. The van der Waals surface area contributed by atoms with Crippen molar-refractivity contribution in [3.05, 3.63) is 29.0 Å². The van der Waals surface area contributed by atoms with Crippen LogP contribution in [0.1, 0.15) is 51.8 Å². The van der Waals surface area contributed by atoms with E-state index in [2.05, 4.69) is 18.4 Å². The molecule has 0 spiro atoms. The van der Waals surface area contributed by atoms with Gasteiger partial charge in [-0.3, -0.25) is 0 Å². The van der Waals surface area contributed by atoms with E-state index in [1.54, 1.807) is 0 Å². The van der Waals surface area contributed by atoms with Crippen LogP contribution in [0.3, 0.4) is 0 Å². The van der Waals surface area contributed by atoms with E-state index in [1.165, 1.54) is 12.8 Å². The van der Waals surface area contributed by atoms with E-state index < -0.39 is 0 Å². The molecule has 4 heteroatoms. The molecule has 1 saturated carbocycles. The number of para-hydroxylation sites is 1. The van der Waals surface area contributed by atoms with Crippen molar-refractivity contribution >= 4 is 22.6 Å². The first kappa shape index (κ1) is 14.9. The molecule has 3 nitrogen and oxygen atoms in total. The molecule has 1 fully saturated rings. The summed E-state index contributed by atoms with van der Waals surface area (Å²) < 4.78 is 2.26. The van der Waals surface area contributed by atoms with Crippen molar-refractivity contribution in [3.63, 3.8) is 0 Å². The average molecular weight is 306 g/mol. The Morgan fingerprint density at radius 2 is 2.10 bits per heavy atom. The molecule has 0 bridgehead atoms. The van der Waals surface area contributed by atoms with E-state index in [1.807, 2.05) is 18.2 Å². The molecule has 0 aliphatic heterocycles. The highest BCUT2D eigenvalue weighted by Crippen LogP contribution is 2.39. The van der Waals surface area contributed by atoms with Crippen LogP contribution >= 0.6 is 11.6 Å². The van der Waals surface area contributed by atoms with Crippen LogP contribution in [0, 0.1) is 5.92 Å². The van der Waals surface area contributed by atoms with Crippen molar-refractivity contribution in [2.24, 2.45) is 11.7 Å². The number of nitrogens with zero attached hydrogens (tertiary/aromatic N) is 2. The highest BCUT2D eigenvalue weighted by Gasteiger charge is 2.36. The lowest BCUT2D eigenvalue weighted by Crippen LogP contribution is -2.42. The lowest BCUT2D eigenvalue weighted by atomic mass is 9.77. The third-order valence-electron chi connectivity index (χ3n) is 4.78. The van der Waals surface area contributed by atoms with Gasteiger partial charge < -0.3 is 10.3 Å². The summed E-state index contributed by atoms with van der Waals surface area (Å²) in [6.45, 7) is 5.41. The Bertz CT molecular complexity index is 639. The standard InChI is InChI=1S/C17H24ClN3/c1-3-11-21-15-13(18)5-4-6-14(15)20-16(21)17(19)9-7-12(2)8-10-17/h4-6,12H,3,7-11,19H2,1-2H3. The molecular formula is C17H24ClN3. The summed E-state index contributed by atoms with van der Waals surface area (Å²) in [7, 11) is 0. The number of hydrogen-bond donors (Lipinski definition) is 1. The van der Waals surface area contributed by atoms with Gasteiger partial charge in [-0.25, -0.2) is 4.98 Å². The maximum atomic E-state index is 6.76. The summed E-state index contributed by atoms with van der Waals surface area (Å²) in [5.74, 6) is 1.80. The fraction of sp³-hybridized carbons (Fsp3) is 0.588. The molecule has 0 saturated heterocycles. The van der Waals surface area contributed by atoms with E-state index in [0.717, 1.165) is 53.6 Å². The van der Waals surface area contributed by atoms with Gasteiger partial charge in [-0.2, -0.15) is 0 Å². The van der Waals surface area contributed by atoms with Crippen LogP contribution in [-0.4, -0.2) is 9.55 Å². The van der Waals surface area contributed by atoms with Gasteiger partial charge in [0, 0.05) is 6.54 Å². The zero-order chi connectivity index (χ0) is 15.0. The molecule has 1 aromatic heterocycles. The van der Waals surface area contributed by atoms with Crippen LogP contribution in [0.25, 0.3) is 11.0 Å². The molecule has 3 rings (SSSR count). The second kappa shape index (κ2) is 5.62. The van der Waals surface area contributed by atoms with Gasteiger partial charge in [-0.1, -0.05) is 31.5 Å². The number of benzene rings is 1. The number of hydrogen-bond acceptors (Lipinski definition) is 2. The fourth-order valence-electron chi connectivity index (χ4n) is 3.46. The molecule has 2 aromatic rings. The molecule has 2 N–H and O–H groups in total. The van der Waals surface area contributed by atoms with Crippen molar-refractivity contribution < 1.29 is 0 Å². The van der Waals surface area contributed by atoms with Gasteiger partial charge in [0.15, 0.2) is 0 Å². The zero-order valence-corrected chi connectivity index (χ0v) is 13.7. The molecule has 0 unspecified atom stereocenters. The number of fused-ring (bicyclic) bond motifs is 1. The summed E-state index contributed by atoms with van der Waals surface area (Å²) in [6, 6.07) is 5.93. The maximum Gasteiger partial charge on any atom is 0.130 e. The van der Waals surface area contributed by atoms with E-state index >= 15 is 0 Å². The van der Waals surface area contributed by atoms with E-state index in [0.29, 0.717) is 0 Å². The summed E-state index contributed by atoms with van der Waals surface area (Å²) in [5, 5.41) is 0.771. The van der Waals surface area contributed by atoms with Crippen LogP contribution in [0.5, 0.6) is 0 Å². The number of rotatable bonds is 3. The second-order valence-electron chi connectivity index (χ2n) is 6.53. The molecular weight excluding hydrogens is 282 g/mol. The predicted octanol–water partition coefficient (Wildman–Crippen LogP) is 4.46. The van der Waals surface area contributed by atoms with Crippen LogP contribution in [0.4, 0.5) is 0 Å². The van der Waals surface area contributed by atoms with Crippen LogP contribution in [0.2, 0.25) is 5.02 Å². The van der Waals surface area contributed by atoms with Crippen molar-refractivity contribution in [3.8, 4) is 0 Å². The predicted molar refractivity (Wildman–Crippen MR) is 88.5 cm³/mol. The topological polar surface area (TPSA) is 43.8 Å². The first-order valence-electron chi connectivity index (χ1n) is 7.99. The molecule has 1 aliphatic carbocycles. The first-order chi connectivity index (χ1) is 10.0. The number of halogens is 1. The molecule has 1 heterocycles. The number of aryl methyl sites for hydroxylation is 1. The average Bonchev–Trinajstić information content (AvgIpc) is 2.84. The Balaban J connectivity index is 2.13. The van der Waals surface area contributed by atoms with Crippen molar-refractivity contribution in [2.45, 2.75) is 58.0 Å². The minimum Gasteiger partial charge on any atom is -0.325 e. The minimum absolute atomic E-state index is 0.302. The lowest BCUT2D eigenvalue weighted by molar-refractivity contribution is 0.231. The molecule has 0 radical (unpaired) electrons. The van der Waals surface area contributed by atoms with Crippen molar-refractivity contribution in [2.75, 3.05) is 0 Å². The van der Waals surface area contributed by atoms with Crippen molar-refractivity contribution in [1.82, 2.24) is 9.55 Å². The Kier molecular flexibility index (Phi) is 3.98. The number of imidazole rings is 1. The lowest BCUT2D eigenvalue weighted by Gasteiger charge is -2.35. The van der Waals surface area contributed by atoms with Gasteiger partial charge >= 0.3 is 0 Å². The molecule has 1 aliphatic rings. The molecule has 0 atom stereocenters. The minimum atomic E-state index is -0.302. The van der Waals surface area contributed by atoms with Gasteiger partial charge in [0.05, 0.1) is 21.6 Å². The van der Waals surface area contributed by atoms with Crippen LogP contribution in [0.15, 0.2) is 18.2 Å². The largest absolute Gasteiger partial charge is 0.325 e. The van der Waals surface area contributed by atoms with Crippen molar-refractivity contribution in [1.29, 1.82) is 0 Å². The van der Waals surface area contributed by atoms with Gasteiger partial charge in [-0.05, 0) is 50.2 Å². The third-order valence-corrected chi connectivity index (χ3v) is 5.08. The van der Waals surface area contributed by atoms with Gasteiger partial charge in [-0.15, -0.1) is 0 Å². The summed E-state index contributed by atoms with van der Waals surface area (Å²) >= 11 is 6.42. The monoisotopic (exact) mass is 305 g/mol. The number of nitrogens with two attached hydrogens (primary N) is 1. The summed E-state index contributed by atoms with van der Waals surface area (Å²) in [5.41, 5.74) is 8.47. The third kappa shape index (κ3) is 2.58. The Morgan fingerprint density at radius 1 is 1.38 bits per heavy atom. The van der Waals surface area contributed by atoms with E-state index in [-0.39, 0.29) is 5.54 Å². The zero-order valence-electron chi connectivity index (χ0n) is 12.9. The van der Waals surface area contributed by atoms with Crippen LogP contribution in [-0.2, 0) is 12.1 Å². The van der Waals surface area contributed by atoms with E-state index in [9.17, 15) is 0 Å². The second-order valence-corrected chi connectivity index (χ2v) is 6.94. The smallest absolute Gasteiger partial charge is 0.130 e. The van der Waals surface area contributed by atoms with E-state index in [4.69, 9.17) is 22.3 Å². The highest BCUT2D eigenvalue weighted by atomic mass is 35.5. The molecule has 0 amide bonds. The SMILES string of the molecule is CCCn1c(C2(N)CCC(C)CC2)nc2cccc(Cl)c21. The van der Waals surface area contributed by atoms with Gasteiger partial charge in [0.2, 0.25) is 0 Å². The fourth-order valence-corrected chi connectivity index (χ4v) is 3.74. The molecule has 114 valence electrons. The number of aromatic nitrogens is 2. The Labute approximate surface area is 131 Å². The molecule has 1 aromatic carbocycles. The normalized spacial score (nSPS) is 26.4. The summed E-state index contributed by atoms with van der Waals surface area (Å²) in [4.78, 5) is 4.87. The highest BCUT2D eigenvalue weighted by molar-refractivity contribution is 6.35. The van der Waals surface area contributed by atoms with Gasteiger partial charge in [0.25, 0.3) is 0 Å². The Hall–Kier alpha value is -1.06. The maximum absolute atomic E-state index is 6.76.